The number of nitrogens with zero attached hydrogens (tertiary/aromatic N) is 1. The summed E-state index contributed by atoms with van der Waals surface area (Å²) in [5.74, 6) is 0. The topological polar surface area (TPSA) is 24.5 Å². The highest BCUT2D eigenvalue weighted by Crippen LogP contribution is 2.02. The summed E-state index contributed by atoms with van der Waals surface area (Å²) < 4.78 is 5.00. The Morgan fingerprint density at radius 3 is 2.13 bits per heavy atom. The highest BCUT2D eigenvalue weighted by Gasteiger charge is 2.11. The van der Waals surface area contributed by atoms with Gasteiger partial charge < -0.3 is 10.1 Å². The lowest BCUT2D eigenvalue weighted by Crippen LogP contribution is -2.41. The third-order valence-corrected chi connectivity index (χ3v) is 2.58. The van der Waals surface area contributed by atoms with Crippen molar-refractivity contribution >= 4 is 0 Å². The number of nitrogens with one attached hydrogen (secondary N) is 1. The van der Waals surface area contributed by atoms with Crippen molar-refractivity contribution in [1.29, 1.82) is 0 Å². The van der Waals surface area contributed by atoms with Gasteiger partial charge in [0.05, 0.1) is 0 Å². The summed E-state index contributed by atoms with van der Waals surface area (Å²) in [5, 5.41) is 3.44. The lowest BCUT2D eigenvalue weighted by atomic mass is 10.2. The summed E-state index contributed by atoms with van der Waals surface area (Å²) in [7, 11) is 1.75. The van der Waals surface area contributed by atoms with E-state index in [2.05, 4.69) is 37.9 Å². The Labute approximate surface area is 95.2 Å². The highest BCUT2D eigenvalue weighted by atomic mass is 16.5. The molecule has 0 fully saturated rings. The minimum Gasteiger partial charge on any atom is -0.385 e. The maximum atomic E-state index is 5.00. The van der Waals surface area contributed by atoms with Crippen LogP contribution in [0.2, 0.25) is 0 Å². The Morgan fingerprint density at radius 1 is 1.07 bits per heavy atom. The third kappa shape index (κ3) is 7.77. The van der Waals surface area contributed by atoms with Crippen LogP contribution in [0.1, 0.15) is 34.1 Å². The molecule has 0 amide bonds. The maximum Gasteiger partial charge on any atom is 0.0474 e. The Balaban J connectivity index is 3.46. The molecule has 0 saturated heterocycles. The van der Waals surface area contributed by atoms with Gasteiger partial charge in [-0.1, -0.05) is 0 Å². The molecular weight excluding hydrogens is 188 g/mol. The smallest absolute Gasteiger partial charge is 0.0474 e. The van der Waals surface area contributed by atoms with E-state index < -0.39 is 0 Å². The van der Waals surface area contributed by atoms with Crippen molar-refractivity contribution in [2.75, 3.05) is 33.4 Å². The van der Waals surface area contributed by atoms with Gasteiger partial charge in [-0.05, 0) is 40.7 Å². The molecule has 0 bridgehead atoms. The molecular formula is C12H28N2O. The quantitative estimate of drug-likeness (QED) is 0.594. The fraction of sp³-hybridized carbons (Fsp3) is 1.00. The monoisotopic (exact) mass is 216 g/mol. The zero-order chi connectivity index (χ0) is 11.7. The summed E-state index contributed by atoms with van der Waals surface area (Å²) >= 11 is 0. The lowest BCUT2D eigenvalue weighted by molar-refractivity contribution is 0.172. The van der Waals surface area contributed by atoms with Crippen LogP contribution in [0, 0.1) is 0 Å². The van der Waals surface area contributed by atoms with Crippen LogP contribution in [0.15, 0.2) is 0 Å². The number of ether oxygens (including phenoxy) is 1. The van der Waals surface area contributed by atoms with Crippen LogP contribution in [0.5, 0.6) is 0 Å². The Kier molecular flexibility index (Phi) is 9.06. The first kappa shape index (κ1) is 14.9. The molecule has 0 heterocycles. The van der Waals surface area contributed by atoms with Crippen LogP contribution in [0.4, 0.5) is 0 Å². The normalized spacial score (nSPS) is 12.0. The molecule has 0 rings (SSSR count). The largest absolute Gasteiger partial charge is 0.385 e. The van der Waals surface area contributed by atoms with E-state index in [9.17, 15) is 0 Å². The van der Waals surface area contributed by atoms with Crippen LogP contribution in [0.25, 0.3) is 0 Å². The van der Waals surface area contributed by atoms with Gasteiger partial charge in [-0.25, -0.2) is 0 Å². The molecule has 0 aliphatic rings. The lowest BCUT2D eigenvalue weighted by Gasteiger charge is -2.30. The average molecular weight is 216 g/mol. The Morgan fingerprint density at radius 2 is 1.67 bits per heavy atom. The predicted octanol–water partition coefficient (Wildman–Crippen LogP) is 1.73. The molecule has 0 spiro atoms. The van der Waals surface area contributed by atoms with Crippen molar-refractivity contribution in [2.24, 2.45) is 0 Å². The fourth-order valence-electron chi connectivity index (χ4n) is 1.79. The summed E-state index contributed by atoms with van der Waals surface area (Å²) in [6, 6.07) is 1.26. The number of hydrogen-bond acceptors (Lipinski definition) is 3. The second kappa shape index (κ2) is 9.13. The van der Waals surface area contributed by atoms with Crippen molar-refractivity contribution < 1.29 is 4.74 Å². The van der Waals surface area contributed by atoms with Gasteiger partial charge in [-0.2, -0.15) is 0 Å². The van der Waals surface area contributed by atoms with Gasteiger partial charge >= 0.3 is 0 Å². The van der Waals surface area contributed by atoms with E-state index in [1.807, 2.05) is 0 Å². The summed E-state index contributed by atoms with van der Waals surface area (Å²) in [5.41, 5.74) is 0. The highest BCUT2D eigenvalue weighted by molar-refractivity contribution is 4.68. The Bertz CT molecular complexity index is 130. The van der Waals surface area contributed by atoms with Crippen molar-refractivity contribution in [3.8, 4) is 0 Å². The molecule has 1 N–H and O–H groups in total. The number of hydrogen-bond donors (Lipinski definition) is 1. The molecule has 0 aliphatic heterocycles. The number of methoxy groups -OCH3 is 1. The van der Waals surface area contributed by atoms with Gasteiger partial charge in [0.2, 0.25) is 0 Å². The molecule has 0 unspecified atom stereocenters. The first-order valence-electron chi connectivity index (χ1n) is 6.05. The molecule has 3 heteroatoms. The first-order valence-corrected chi connectivity index (χ1v) is 6.05. The molecule has 0 aliphatic carbocycles. The van der Waals surface area contributed by atoms with Crippen molar-refractivity contribution in [2.45, 2.75) is 46.2 Å². The van der Waals surface area contributed by atoms with E-state index in [-0.39, 0.29) is 0 Å². The molecule has 0 saturated carbocycles. The Hall–Kier alpha value is -0.120. The summed E-state index contributed by atoms with van der Waals surface area (Å²) in [4.78, 5) is 2.50. The van der Waals surface area contributed by atoms with Crippen molar-refractivity contribution in [3.05, 3.63) is 0 Å². The standard InChI is InChI=1S/C12H28N2O/c1-11(2)14(12(3)4)9-8-13-7-6-10-15-5/h11-13H,6-10H2,1-5H3. The zero-order valence-corrected chi connectivity index (χ0v) is 11.0. The summed E-state index contributed by atoms with van der Waals surface area (Å²) in [6.07, 6.45) is 1.10. The molecule has 15 heavy (non-hydrogen) atoms. The predicted molar refractivity (Wildman–Crippen MR) is 66.3 cm³/mol. The SMILES string of the molecule is COCCCNCCN(C(C)C)C(C)C. The maximum absolute atomic E-state index is 5.00. The molecule has 0 aromatic carbocycles. The van der Waals surface area contributed by atoms with Gasteiger partial charge in [0.1, 0.15) is 0 Å². The van der Waals surface area contributed by atoms with E-state index >= 15 is 0 Å². The van der Waals surface area contributed by atoms with E-state index in [1.165, 1.54) is 0 Å². The van der Waals surface area contributed by atoms with Gasteiger partial charge in [-0.3, -0.25) is 4.90 Å². The number of rotatable bonds is 9. The van der Waals surface area contributed by atoms with Crippen molar-refractivity contribution in [1.82, 2.24) is 10.2 Å². The van der Waals surface area contributed by atoms with Crippen LogP contribution in [-0.4, -0.2) is 50.3 Å². The molecule has 0 aromatic rings. The van der Waals surface area contributed by atoms with Crippen LogP contribution < -0.4 is 5.32 Å². The molecule has 3 nitrogen and oxygen atoms in total. The van der Waals surface area contributed by atoms with E-state index in [0.717, 1.165) is 32.7 Å². The second-order valence-electron chi connectivity index (χ2n) is 4.52. The minimum atomic E-state index is 0.630. The van der Waals surface area contributed by atoms with Gasteiger partial charge in [0.25, 0.3) is 0 Å². The second-order valence-corrected chi connectivity index (χ2v) is 4.52. The first-order chi connectivity index (χ1) is 7.09. The third-order valence-electron chi connectivity index (χ3n) is 2.58. The molecule has 0 radical (unpaired) electrons. The van der Waals surface area contributed by atoms with E-state index in [0.29, 0.717) is 12.1 Å². The average Bonchev–Trinajstić information content (AvgIpc) is 2.15. The van der Waals surface area contributed by atoms with Crippen LogP contribution in [0.3, 0.4) is 0 Å². The van der Waals surface area contributed by atoms with E-state index in [1.54, 1.807) is 7.11 Å². The van der Waals surface area contributed by atoms with Gasteiger partial charge in [0, 0.05) is 38.9 Å². The van der Waals surface area contributed by atoms with Crippen LogP contribution in [-0.2, 0) is 4.74 Å². The minimum absolute atomic E-state index is 0.630. The van der Waals surface area contributed by atoms with E-state index in [4.69, 9.17) is 4.74 Å². The molecule has 0 aromatic heterocycles. The fourth-order valence-corrected chi connectivity index (χ4v) is 1.79. The van der Waals surface area contributed by atoms with Gasteiger partial charge in [-0.15, -0.1) is 0 Å². The summed E-state index contributed by atoms with van der Waals surface area (Å²) in [6.45, 7) is 13.1. The molecule has 92 valence electrons. The van der Waals surface area contributed by atoms with Gasteiger partial charge in [0.15, 0.2) is 0 Å². The molecule has 0 atom stereocenters. The zero-order valence-electron chi connectivity index (χ0n) is 11.0. The van der Waals surface area contributed by atoms with Crippen molar-refractivity contribution in [3.63, 3.8) is 0 Å². The van der Waals surface area contributed by atoms with Crippen LogP contribution >= 0.6 is 0 Å².